The van der Waals surface area contributed by atoms with Gasteiger partial charge in [-0.1, -0.05) is 0 Å². The van der Waals surface area contributed by atoms with E-state index >= 15 is 0 Å². The number of ketones is 2. The number of rotatable bonds is 4. The molecule has 0 rings (SSSR count). The van der Waals surface area contributed by atoms with Gasteiger partial charge in [0, 0.05) is 12.5 Å². The van der Waals surface area contributed by atoms with Crippen molar-refractivity contribution < 1.29 is 9.59 Å². The van der Waals surface area contributed by atoms with Crippen LogP contribution in [0.15, 0.2) is 0 Å². The van der Waals surface area contributed by atoms with Gasteiger partial charge in [0.05, 0.1) is 6.42 Å². The second-order valence-corrected chi connectivity index (χ2v) is 2.60. The molecule has 0 saturated heterocycles. The summed E-state index contributed by atoms with van der Waals surface area (Å²) in [5, 5.41) is 0. The van der Waals surface area contributed by atoms with Gasteiger partial charge < -0.3 is 5.73 Å². The summed E-state index contributed by atoms with van der Waals surface area (Å²) in [6.07, 6.45) is 0.334. The van der Waals surface area contributed by atoms with Crippen molar-refractivity contribution >= 4 is 11.6 Å². The molecule has 0 aliphatic heterocycles. The maximum atomic E-state index is 10.8. The van der Waals surface area contributed by atoms with Crippen molar-refractivity contribution in [2.45, 2.75) is 32.7 Å². The molecule has 0 amide bonds. The molecule has 0 saturated carbocycles. The molecular weight excluding hydrogens is 130 g/mol. The molecule has 58 valence electrons. The molecule has 0 aromatic carbocycles. The highest BCUT2D eigenvalue weighted by molar-refractivity contribution is 5.98. The fourth-order valence-electron chi connectivity index (χ4n) is 0.709. The summed E-state index contributed by atoms with van der Waals surface area (Å²) in [7, 11) is 0. The van der Waals surface area contributed by atoms with Crippen LogP contribution in [0.25, 0.3) is 0 Å². The molecule has 0 aromatic heterocycles. The summed E-state index contributed by atoms with van der Waals surface area (Å²) < 4.78 is 0. The number of Topliss-reactive ketones (excluding diaryl/α,β-unsaturated/α-hetero) is 2. The molecule has 0 aliphatic rings. The van der Waals surface area contributed by atoms with Gasteiger partial charge in [-0.3, -0.25) is 9.59 Å². The Kier molecular flexibility index (Phi) is 3.88. The Balaban J connectivity index is 3.54. The van der Waals surface area contributed by atoms with Gasteiger partial charge in [-0.2, -0.15) is 0 Å². The number of hydrogen-bond donors (Lipinski definition) is 1. The quantitative estimate of drug-likeness (QED) is 0.575. The second-order valence-electron chi connectivity index (χ2n) is 2.60. The molecule has 0 spiro atoms. The Hall–Kier alpha value is -0.700. The fourth-order valence-corrected chi connectivity index (χ4v) is 0.709. The van der Waals surface area contributed by atoms with Crippen LogP contribution in [-0.2, 0) is 9.59 Å². The minimum Gasteiger partial charge on any atom is -0.328 e. The monoisotopic (exact) mass is 143 g/mol. The van der Waals surface area contributed by atoms with Crippen LogP contribution in [0, 0.1) is 0 Å². The van der Waals surface area contributed by atoms with E-state index in [1.54, 1.807) is 6.92 Å². The summed E-state index contributed by atoms with van der Waals surface area (Å²) in [6, 6.07) is -0.133. The van der Waals surface area contributed by atoms with Crippen molar-refractivity contribution in [3.63, 3.8) is 0 Å². The van der Waals surface area contributed by atoms with Crippen LogP contribution < -0.4 is 5.73 Å². The smallest absolute Gasteiger partial charge is 0.141 e. The molecule has 0 bridgehead atoms. The molecule has 0 radical (unpaired) electrons. The first-order chi connectivity index (χ1) is 4.52. The van der Waals surface area contributed by atoms with Gasteiger partial charge in [0.15, 0.2) is 0 Å². The van der Waals surface area contributed by atoms with E-state index in [-0.39, 0.29) is 24.0 Å². The first-order valence-electron chi connectivity index (χ1n) is 3.29. The molecule has 3 heteroatoms. The van der Waals surface area contributed by atoms with E-state index in [0.717, 1.165) is 0 Å². The fraction of sp³-hybridized carbons (Fsp3) is 0.714. The van der Waals surface area contributed by atoms with Crippen LogP contribution in [0.5, 0.6) is 0 Å². The zero-order valence-electron chi connectivity index (χ0n) is 6.39. The number of carbonyl (C=O) groups is 2. The Bertz CT molecular complexity index is 141. The van der Waals surface area contributed by atoms with Gasteiger partial charge in [0.2, 0.25) is 0 Å². The van der Waals surface area contributed by atoms with Gasteiger partial charge in [-0.25, -0.2) is 0 Å². The van der Waals surface area contributed by atoms with E-state index in [9.17, 15) is 9.59 Å². The molecule has 0 fully saturated rings. The molecule has 3 nitrogen and oxygen atoms in total. The predicted molar refractivity (Wildman–Crippen MR) is 38.6 cm³/mol. The van der Waals surface area contributed by atoms with E-state index in [2.05, 4.69) is 0 Å². The highest BCUT2D eigenvalue weighted by Gasteiger charge is 2.06. The third kappa shape index (κ3) is 5.44. The lowest BCUT2D eigenvalue weighted by Crippen LogP contribution is -2.20. The SMILES string of the molecule is CC(=O)CC(=O)CC(C)N. The summed E-state index contributed by atoms with van der Waals surface area (Å²) in [5.74, 6) is -0.159. The van der Waals surface area contributed by atoms with Crippen LogP contribution in [0.3, 0.4) is 0 Å². The minimum atomic E-state index is -0.133. The lowest BCUT2D eigenvalue weighted by Gasteiger charge is -2.00. The maximum absolute atomic E-state index is 10.8. The highest BCUT2D eigenvalue weighted by atomic mass is 16.1. The summed E-state index contributed by atoms with van der Waals surface area (Å²) in [4.78, 5) is 21.1. The highest BCUT2D eigenvalue weighted by Crippen LogP contribution is 1.93. The zero-order chi connectivity index (χ0) is 8.15. The topological polar surface area (TPSA) is 60.2 Å². The second kappa shape index (κ2) is 4.17. The summed E-state index contributed by atoms with van der Waals surface area (Å²) >= 11 is 0. The van der Waals surface area contributed by atoms with E-state index in [1.165, 1.54) is 6.92 Å². The first kappa shape index (κ1) is 9.30. The lowest BCUT2D eigenvalue weighted by molar-refractivity contribution is -0.125. The average molecular weight is 143 g/mol. The predicted octanol–water partition coefficient (Wildman–Crippen LogP) is 0.272. The van der Waals surface area contributed by atoms with E-state index in [1.807, 2.05) is 0 Å². The molecule has 0 aromatic rings. The Morgan fingerprint density at radius 1 is 1.50 bits per heavy atom. The molecular formula is C7H13NO2. The third-order valence-electron chi connectivity index (χ3n) is 0.996. The number of hydrogen-bond acceptors (Lipinski definition) is 3. The largest absolute Gasteiger partial charge is 0.328 e. The van der Waals surface area contributed by atoms with Crippen molar-refractivity contribution in [3.05, 3.63) is 0 Å². The van der Waals surface area contributed by atoms with E-state index in [0.29, 0.717) is 6.42 Å². The van der Waals surface area contributed by atoms with Crippen molar-refractivity contribution in [1.82, 2.24) is 0 Å². The van der Waals surface area contributed by atoms with Gasteiger partial charge in [0.1, 0.15) is 11.6 Å². The molecule has 1 unspecified atom stereocenters. The number of carbonyl (C=O) groups excluding carboxylic acids is 2. The van der Waals surface area contributed by atoms with Gasteiger partial charge >= 0.3 is 0 Å². The van der Waals surface area contributed by atoms with Gasteiger partial charge in [-0.15, -0.1) is 0 Å². The molecule has 0 heterocycles. The molecule has 1 atom stereocenters. The Morgan fingerprint density at radius 3 is 2.30 bits per heavy atom. The standard InChI is InChI=1S/C7H13NO2/c1-5(8)3-7(10)4-6(2)9/h5H,3-4,8H2,1-2H3. The van der Waals surface area contributed by atoms with Gasteiger partial charge in [0.25, 0.3) is 0 Å². The van der Waals surface area contributed by atoms with Crippen molar-refractivity contribution in [2.24, 2.45) is 5.73 Å². The van der Waals surface area contributed by atoms with Gasteiger partial charge in [-0.05, 0) is 13.8 Å². The van der Waals surface area contributed by atoms with Crippen molar-refractivity contribution in [3.8, 4) is 0 Å². The summed E-state index contributed by atoms with van der Waals surface area (Å²) in [6.45, 7) is 3.15. The third-order valence-corrected chi connectivity index (χ3v) is 0.996. The molecule has 10 heavy (non-hydrogen) atoms. The van der Waals surface area contributed by atoms with Crippen molar-refractivity contribution in [2.75, 3.05) is 0 Å². The van der Waals surface area contributed by atoms with E-state index in [4.69, 9.17) is 5.73 Å². The zero-order valence-corrected chi connectivity index (χ0v) is 6.39. The van der Waals surface area contributed by atoms with Crippen LogP contribution >= 0.6 is 0 Å². The van der Waals surface area contributed by atoms with Crippen LogP contribution in [0.1, 0.15) is 26.7 Å². The minimum absolute atomic E-state index is 0.0293. The Morgan fingerprint density at radius 2 is 2.00 bits per heavy atom. The number of nitrogens with two attached hydrogens (primary N) is 1. The molecule has 2 N–H and O–H groups in total. The maximum Gasteiger partial charge on any atom is 0.141 e. The normalized spacial score (nSPS) is 12.7. The van der Waals surface area contributed by atoms with Crippen LogP contribution in [0.2, 0.25) is 0 Å². The van der Waals surface area contributed by atoms with E-state index < -0.39 is 0 Å². The lowest BCUT2D eigenvalue weighted by atomic mass is 10.1. The Labute approximate surface area is 60.6 Å². The summed E-state index contributed by atoms with van der Waals surface area (Å²) in [5.41, 5.74) is 5.34. The van der Waals surface area contributed by atoms with Crippen LogP contribution in [-0.4, -0.2) is 17.6 Å². The van der Waals surface area contributed by atoms with Crippen LogP contribution in [0.4, 0.5) is 0 Å². The average Bonchev–Trinajstić information content (AvgIpc) is 1.58. The van der Waals surface area contributed by atoms with Crippen molar-refractivity contribution in [1.29, 1.82) is 0 Å². The first-order valence-corrected chi connectivity index (χ1v) is 3.29. The molecule has 0 aliphatic carbocycles.